The molecular formula is C25H30N2O4. The van der Waals surface area contributed by atoms with Crippen LogP contribution in [0.2, 0.25) is 0 Å². The van der Waals surface area contributed by atoms with Crippen molar-refractivity contribution in [2.75, 3.05) is 33.8 Å². The number of benzene rings is 2. The molecule has 1 aliphatic rings. The van der Waals surface area contributed by atoms with Crippen molar-refractivity contribution in [1.82, 2.24) is 9.80 Å². The van der Waals surface area contributed by atoms with Crippen LogP contribution in [0.3, 0.4) is 0 Å². The minimum atomic E-state index is -0.651. The molecule has 0 radical (unpaired) electrons. The average molecular weight is 423 g/mol. The number of Topliss-reactive ketones (excluding diaryl/α,β-unsaturated/α-hetero) is 1. The predicted octanol–water partition coefficient (Wildman–Crippen LogP) is 3.77. The Morgan fingerprint density at radius 3 is 2.29 bits per heavy atom. The lowest BCUT2D eigenvalue weighted by molar-refractivity contribution is -0.139. The number of hydrogen-bond acceptors (Lipinski definition) is 5. The summed E-state index contributed by atoms with van der Waals surface area (Å²) in [5, 5.41) is 11.0. The molecule has 1 amide bonds. The van der Waals surface area contributed by atoms with Gasteiger partial charge in [-0.2, -0.15) is 0 Å². The third-order valence-electron chi connectivity index (χ3n) is 5.38. The van der Waals surface area contributed by atoms with Crippen molar-refractivity contribution >= 4 is 17.4 Å². The number of ether oxygens (including phenoxy) is 1. The van der Waals surface area contributed by atoms with Gasteiger partial charge in [0.05, 0.1) is 18.2 Å². The highest BCUT2D eigenvalue weighted by molar-refractivity contribution is 6.46. The molecule has 1 aliphatic heterocycles. The number of likely N-dealkylation sites (tertiary alicyclic amines) is 1. The van der Waals surface area contributed by atoms with Crippen molar-refractivity contribution in [3.05, 3.63) is 70.8 Å². The maximum absolute atomic E-state index is 13.0. The summed E-state index contributed by atoms with van der Waals surface area (Å²) in [5.41, 5.74) is 2.46. The van der Waals surface area contributed by atoms with E-state index in [0.29, 0.717) is 24.5 Å². The molecule has 2 aromatic rings. The molecule has 1 fully saturated rings. The average Bonchev–Trinajstić information content (AvgIpc) is 2.99. The number of nitrogens with zero attached hydrogens (tertiary/aromatic N) is 2. The highest BCUT2D eigenvalue weighted by Crippen LogP contribution is 2.39. The van der Waals surface area contributed by atoms with Crippen LogP contribution in [0.15, 0.2) is 54.1 Å². The molecule has 31 heavy (non-hydrogen) atoms. The van der Waals surface area contributed by atoms with Crippen LogP contribution < -0.4 is 4.74 Å². The Kier molecular flexibility index (Phi) is 7.13. The Hall–Kier alpha value is -3.12. The van der Waals surface area contributed by atoms with E-state index in [1.54, 1.807) is 17.0 Å². The second kappa shape index (κ2) is 9.79. The van der Waals surface area contributed by atoms with E-state index in [0.717, 1.165) is 24.1 Å². The molecule has 0 saturated carbocycles. The van der Waals surface area contributed by atoms with E-state index in [1.165, 1.54) is 0 Å². The van der Waals surface area contributed by atoms with Gasteiger partial charge in [-0.05, 0) is 58.6 Å². The van der Waals surface area contributed by atoms with E-state index in [-0.39, 0.29) is 11.3 Å². The number of aliphatic hydroxyl groups is 1. The number of ketones is 1. The molecule has 1 N–H and O–H groups in total. The SMILES string of the molecule is CCOc1ccc([C@H]2/C(=C(\O)c3ccc(C)cc3)C(=O)C(=O)N2CCCN(C)C)cc1. The molecule has 1 heterocycles. The standard InChI is InChI=1S/C25H30N2O4/c1-5-31-20-13-11-18(12-14-20)22-21(23(28)19-9-7-17(2)8-10-19)24(29)25(30)27(22)16-6-15-26(3)4/h7-14,22,28H,5-6,15-16H2,1-4H3/b23-21+/t22-/m0/s1. The Bertz CT molecular complexity index is 962. The monoisotopic (exact) mass is 422 g/mol. The minimum absolute atomic E-state index is 0.128. The first kappa shape index (κ1) is 22.6. The topological polar surface area (TPSA) is 70.1 Å². The van der Waals surface area contributed by atoms with E-state index in [2.05, 4.69) is 0 Å². The molecule has 164 valence electrons. The van der Waals surface area contributed by atoms with Gasteiger partial charge < -0.3 is 19.6 Å². The van der Waals surface area contributed by atoms with Crippen LogP contribution >= 0.6 is 0 Å². The van der Waals surface area contributed by atoms with E-state index < -0.39 is 17.7 Å². The minimum Gasteiger partial charge on any atom is -0.507 e. The molecule has 2 aromatic carbocycles. The lowest BCUT2D eigenvalue weighted by Gasteiger charge is -2.26. The Balaban J connectivity index is 2.05. The molecule has 0 aliphatic carbocycles. The number of carbonyl (C=O) groups excluding carboxylic acids is 2. The number of amides is 1. The number of aliphatic hydroxyl groups excluding tert-OH is 1. The summed E-state index contributed by atoms with van der Waals surface area (Å²) in [7, 11) is 3.94. The molecule has 1 saturated heterocycles. The van der Waals surface area contributed by atoms with Crippen molar-refractivity contribution < 1.29 is 19.4 Å². The van der Waals surface area contributed by atoms with Gasteiger partial charge >= 0.3 is 0 Å². The molecule has 3 rings (SSSR count). The molecule has 0 unspecified atom stereocenters. The van der Waals surface area contributed by atoms with E-state index in [1.807, 2.05) is 69.2 Å². The van der Waals surface area contributed by atoms with Gasteiger partial charge in [-0.15, -0.1) is 0 Å². The molecule has 0 spiro atoms. The van der Waals surface area contributed by atoms with Gasteiger partial charge in [-0.25, -0.2) is 0 Å². The van der Waals surface area contributed by atoms with Crippen LogP contribution in [0, 0.1) is 6.92 Å². The number of aryl methyl sites for hydroxylation is 1. The van der Waals surface area contributed by atoms with Crippen molar-refractivity contribution in [2.45, 2.75) is 26.3 Å². The van der Waals surface area contributed by atoms with Gasteiger partial charge in [-0.1, -0.05) is 42.0 Å². The van der Waals surface area contributed by atoms with Crippen molar-refractivity contribution in [3.8, 4) is 5.75 Å². The lowest BCUT2D eigenvalue weighted by atomic mass is 9.95. The maximum atomic E-state index is 13.0. The Labute approximate surface area is 183 Å². The quantitative estimate of drug-likeness (QED) is 0.398. The zero-order valence-corrected chi connectivity index (χ0v) is 18.6. The van der Waals surface area contributed by atoms with Crippen LogP contribution in [-0.2, 0) is 9.59 Å². The molecule has 6 heteroatoms. The summed E-state index contributed by atoms with van der Waals surface area (Å²) in [6, 6.07) is 14.0. The lowest BCUT2D eigenvalue weighted by Crippen LogP contribution is -2.32. The largest absolute Gasteiger partial charge is 0.507 e. The highest BCUT2D eigenvalue weighted by atomic mass is 16.5. The van der Waals surface area contributed by atoms with Crippen LogP contribution in [-0.4, -0.2) is 60.4 Å². The van der Waals surface area contributed by atoms with Gasteiger partial charge in [0.25, 0.3) is 11.7 Å². The molecule has 1 atom stereocenters. The molecule has 0 aromatic heterocycles. The van der Waals surface area contributed by atoms with E-state index in [4.69, 9.17) is 4.74 Å². The van der Waals surface area contributed by atoms with E-state index >= 15 is 0 Å². The Morgan fingerprint density at radius 2 is 1.71 bits per heavy atom. The first-order valence-electron chi connectivity index (χ1n) is 10.6. The van der Waals surface area contributed by atoms with Crippen LogP contribution in [0.25, 0.3) is 5.76 Å². The predicted molar refractivity (Wildman–Crippen MR) is 121 cm³/mol. The normalized spacial score (nSPS) is 18.1. The van der Waals surface area contributed by atoms with Crippen molar-refractivity contribution in [2.24, 2.45) is 0 Å². The third-order valence-corrected chi connectivity index (χ3v) is 5.38. The zero-order chi connectivity index (χ0) is 22.5. The number of hydrogen-bond donors (Lipinski definition) is 1. The van der Waals surface area contributed by atoms with Gasteiger partial charge in [0, 0.05) is 12.1 Å². The smallest absolute Gasteiger partial charge is 0.295 e. The van der Waals surface area contributed by atoms with Gasteiger partial charge in [0.15, 0.2) is 0 Å². The first-order chi connectivity index (χ1) is 14.8. The third kappa shape index (κ3) is 4.97. The van der Waals surface area contributed by atoms with Crippen LogP contribution in [0.1, 0.15) is 36.1 Å². The Morgan fingerprint density at radius 1 is 1.06 bits per heavy atom. The summed E-state index contributed by atoms with van der Waals surface area (Å²) >= 11 is 0. The summed E-state index contributed by atoms with van der Waals surface area (Å²) in [6.07, 6.45) is 0.720. The van der Waals surface area contributed by atoms with Crippen LogP contribution in [0.5, 0.6) is 5.75 Å². The molecule has 0 bridgehead atoms. The fourth-order valence-corrected chi connectivity index (χ4v) is 3.79. The molecular weight excluding hydrogens is 392 g/mol. The summed E-state index contributed by atoms with van der Waals surface area (Å²) < 4.78 is 5.52. The molecule has 6 nitrogen and oxygen atoms in total. The van der Waals surface area contributed by atoms with Gasteiger partial charge in [0.1, 0.15) is 11.5 Å². The second-order valence-electron chi connectivity index (χ2n) is 8.02. The summed E-state index contributed by atoms with van der Waals surface area (Å²) in [6.45, 7) is 5.63. The fourth-order valence-electron chi connectivity index (χ4n) is 3.79. The van der Waals surface area contributed by atoms with Gasteiger partial charge in [0.2, 0.25) is 0 Å². The second-order valence-corrected chi connectivity index (χ2v) is 8.02. The number of carbonyl (C=O) groups is 2. The van der Waals surface area contributed by atoms with Crippen LogP contribution in [0.4, 0.5) is 0 Å². The van der Waals surface area contributed by atoms with Gasteiger partial charge in [-0.3, -0.25) is 9.59 Å². The van der Waals surface area contributed by atoms with Crippen molar-refractivity contribution in [1.29, 1.82) is 0 Å². The zero-order valence-electron chi connectivity index (χ0n) is 18.6. The maximum Gasteiger partial charge on any atom is 0.295 e. The first-order valence-corrected chi connectivity index (χ1v) is 10.6. The van der Waals surface area contributed by atoms with Crippen molar-refractivity contribution in [3.63, 3.8) is 0 Å². The van der Waals surface area contributed by atoms with E-state index in [9.17, 15) is 14.7 Å². The number of rotatable bonds is 8. The summed E-state index contributed by atoms with van der Waals surface area (Å²) in [4.78, 5) is 29.5. The fraction of sp³-hybridized carbons (Fsp3) is 0.360. The highest BCUT2D eigenvalue weighted by Gasteiger charge is 2.45. The summed E-state index contributed by atoms with van der Waals surface area (Å²) in [5.74, 6) is -0.658.